The van der Waals surface area contributed by atoms with Gasteiger partial charge >= 0.3 is 0 Å². The number of hydrogen-bond donors (Lipinski definition) is 1. The Bertz CT molecular complexity index is 347. The number of nitrogens with one attached hydrogen (secondary N) is 1. The van der Waals surface area contributed by atoms with Crippen LogP contribution in [0.4, 0.5) is 4.39 Å². The minimum absolute atomic E-state index is 0.161. The van der Waals surface area contributed by atoms with Crippen LogP contribution in [-0.2, 0) is 0 Å². The van der Waals surface area contributed by atoms with Crippen LogP contribution in [0.25, 0.3) is 6.08 Å². The predicted molar refractivity (Wildman–Crippen MR) is 59.0 cm³/mol. The lowest BCUT2D eigenvalue weighted by atomic mass is 10.1. The molecule has 0 aliphatic heterocycles. The van der Waals surface area contributed by atoms with Gasteiger partial charge in [0.1, 0.15) is 5.82 Å². The molecule has 1 aromatic carbocycles. The van der Waals surface area contributed by atoms with E-state index in [2.05, 4.69) is 5.32 Å². The number of rotatable bonds is 3. The van der Waals surface area contributed by atoms with E-state index in [0.29, 0.717) is 0 Å². The van der Waals surface area contributed by atoms with E-state index in [0.717, 1.165) is 17.7 Å². The summed E-state index contributed by atoms with van der Waals surface area (Å²) in [5.74, 6) is -0.377. The number of hydrogen-bond acceptors (Lipinski definition) is 1. The zero-order valence-electron chi connectivity index (χ0n) is 8.27. The van der Waals surface area contributed by atoms with Crippen molar-refractivity contribution < 1.29 is 4.39 Å². The summed E-state index contributed by atoms with van der Waals surface area (Å²) >= 11 is 5.57. The van der Waals surface area contributed by atoms with E-state index in [1.54, 1.807) is 12.1 Å². The van der Waals surface area contributed by atoms with Crippen LogP contribution in [0.15, 0.2) is 23.8 Å². The van der Waals surface area contributed by atoms with Gasteiger partial charge in [0.25, 0.3) is 0 Å². The quantitative estimate of drug-likeness (QED) is 0.814. The zero-order chi connectivity index (χ0) is 10.6. The van der Waals surface area contributed by atoms with Crippen LogP contribution >= 0.6 is 11.6 Å². The van der Waals surface area contributed by atoms with Gasteiger partial charge in [-0.1, -0.05) is 29.3 Å². The molecule has 0 aromatic heterocycles. The van der Waals surface area contributed by atoms with Crippen molar-refractivity contribution in [3.63, 3.8) is 0 Å². The minimum Gasteiger partial charge on any atom is -0.316 e. The standard InChI is InChI=1S/C11H13ClFN/c1-8(7-14-2)5-9-3-4-10(12)11(13)6-9/h3-6,14H,7H2,1-2H3. The fourth-order valence-electron chi connectivity index (χ4n) is 1.22. The van der Waals surface area contributed by atoms with Crippen LogP contribution in [0.5, 0.6) is 0 Å². The summed E-state index contributed by atoms with van der Waals surface area (Å²) in [6.07, 6.45) is 1.93. The van der Waals surface area contributed by atoms with Gasteiger partial charge in [-0.15, -0.1) is 0 Å². The molecule has 1 aromatic rings. The van der Waals surface area contributed by atoms with Gasteiger partial charge in [-0.05, 0) is 31.7 Å². The predicted octanol–water partition coefficient (Wildman–Crippen LogP) is 3.10. The highest BCUT2D eigenvalue weighted by atomic mass is 35.5. The SMILES string of the molecule is CNCC(C)=Cc1ccc(Cl)c(F)c1. The molecule has 1 nitrogen and oxygen atoms in total. The lowest BCUT2D eigenvalue weighted by Crippen LogP contribution is -2.08. The first-order valence-electron chi connectivity index (χ1n) is 4.40. The molecule has 0 saturated carbocycles. The lowest BCUT2D eigenvalue weighted by Gasteiger charge is -2.01. The van der Waals surface area contributed by atoms with Crippen molar-refractivity contribution in [3.8, 4) is 0 Å². The monoisotopic (exact) mass is 213 g/mol. The van der Waals surface area contributed by atoms with Crippen molar-refractivity contribution >= 4 is 17.7 Å². The Hall–Kier alpha value is -0.860. The summed E-state index contributed by atoms with van der Waals surface area (Å²) in [6, 6.07) is 4.79. The molecule has 0 aliphatic rings. The van der Waals surface area contributed by atoms with E-state index < -0.39 is 0 Å². The third-order valence-corrected chi connectivity index (χ3v) is 2.12. The molecule has 1 rings (SSSR count). The molecule has 76 valence electrons. The zero-order valence-corrected chi connectivity index (χ0v) is 9.03. The maximum atomic E-state index is 13.0. The van der Waals surface area contributed by atoms with Gasteiger partial charge in [0.05, 0.1) is 5.02 Å². The molecule has 1 N–H and O–H groups in total. The van der Waals surface area contributed by atoms with Crippen molar-refractivity contribution in [3.05, 3.63) is 40.2 Å². The molecule has 0 amide bonds. The first kappa shape index (κ1) is 11.2. The molecule has 0 atom stereocenters. The Morgan fingerprint density at radius 1 is 1.57 bits per heavy atom. The molecule has 0 heterocycles. The molecule has 14 heavy (non-hydrogen) atoms. The van der Waals surface area contributed by atoms with E-state index >= 15 is 0 Å². The van der Waals surface area contributed by atoms with Gasteiger partial charge in [0, 0.05) is 6.54 Å². The third kappa shape index (κ3) is 3.13. The van der Waals surface area contributed by atoms with E-state index in [4.69, 9.17) is 11.6 Å². The fourth-order valence-corrected chi connectivity index (χ4v) is 1.33. The fraction of sp³-hybridized carbons (Fsp3) is 0.273. The minimum atomic E-state index is -0.377. The Balaban J connectivity index is 2.87. The van der Waals surface area contributed by atoms with E-state index in [9.17, 15) is 4.39 Å². The molecule has 3 heteroatoms. The Kier molecular flexibility index (Phi) is 4.11. The normalized spacial score (nSPS) is 11.9. The van der Waals surface area contributed by atoms with Crippen LogP contribution < -0.4 is 5.32 Å². The summed E-state index contributed by atoms with van der Waals surface area (Å²) in [6.45, 7) is 2.78. The average molecular weight is 214 g/mol. The highest BCUT2D eigenvalue weighted by molar-refractivity contribution is 6.30. The summed E-state index contributed by atoms with van der Waals surface area (Å²) in [4.78, 5) is 0. The highest BCUT2D eigenvalue weighted by Crippen LogP contribution is 2.17. The molecule has 0 radical (unpaired) electrons. The van der Waals surface area contributed by atoms with Crippen LogP contribution in [0.2, 0.25) is 5.02 Å². The molecule has 0 bridgehead atoms. The largest absolute Gasteiger partial charge is 0.316 e. The lowest BCUT2D eigenvalue weighted by molar-refractivity contribution is 0.628. The van der Waals surface area contributed by atoms with Crippen molar-refractivity contribution in [1.82, 2.24) is 5.32 Å². The molecule has 0 saturated heterocycles. The third-order valence-electron chi connectivity index (χ3n) is 1.81. The number of benzene rings is 1. The Morgan fingerprint density at radius 2 is 2.29 bits per heavy atom. The molecule has 0 aliphatic carbocycles. The van der Waals surface area contributed by atoms with E-state index in [1.165, 1.54) is 6.07 Å². The second kappa shape index (κ2) is 5.13. The molecule has 0 unspecified atom stereocenters. The first-order valence-corrected chi connectivity index (χ1v) is 4.78. The van der Waals surface area contributed by atoms with Crippen LogP contribution in [0, 0.1) is 5.82 Å². The van der Waals surface area contributed by atoms with Gasteiger partial charge in [0.15, 0.2) is 0 Å². The first-order chi connectivity index (χ1) is 6.63. The van der Waals surface area contributed by atoms with E-state index in [1.807, 2.05) is 20.0 Å². The number of likely N-dealkylation sites (N-methyl/N-ethyl adjacent to an activating group) is 1. The summed E-state index contributed by atoms with van der Waals surface area (Å²) in [5, 5.41) is 3.19. The summed E-state index contributed by atoms with van der Waals surface area (Å²) in [7, 11) is 1.87. The van der Waals surface area contributed by atoms with Crippen LogP contribution in [0.1, 0.15) is 12.5 Å². The van der Waals surface area contributed by atoms with Gasteiger partial charge in [-0.25, -0.2) is 4.39 Å². The summed E-state index contributed by atoms with van der Waals surface area (Å²) < 4.78 is 13.0. The molecular weight excluding hydrogens is 201 g/mol. The second-order valence-corrected chi connectivity index (χ2v) is 3.60. The Labute approximate surface area is 88.6 Å². The smallest absolute Gasteiger partial charge is 0.142 e. The number of halogens is 2. The van der Waals surface area contributed by atoms with Crippen molar-refractivity contribution in [2.75, 3.05) is 13.6 Å². The van der Waals surface area contributed by atoms with Crippen molar-refractivity contribution in [1.29, 1.82) is 0 Å². The highest BCUT2D eigenvalue weighted by Gasteiger charge is 1.99. The van der Waals surface area contributed by atoms with Gasteiger partial charge < -0.3 is 5.32 Å². The molecular formula is C11H13ClFN. The molecule has 0 spiro atoms. The van der Waals surface area contributed by atoms with Crippen molar-refractivity contribution in [2.24, 2.45) is 0 Å². The Morgan fingerprint density at radius 3 is 2.86 bits per heavy atom. The van der Waals surface area contributed by atoms with E-state index in [-0.39, 0.29) is 10.8 Å². The average Bonchev–Trinajstić information content (AvgIpc) is 2.12. The summed E-state index contributed by atoms with van der Waals surface area (Å²) in [5.41, 5.74) is 1.98. The van der Waals surface area contributed by atoms with Crippen LogP contribution in [0.3, 0.4) is 0 Å². The van der Waals surface area contributed by atoms with Crippen LogP contribution in [-0.4, -0.2) is 13.6 Å². The van der Waals surface area contributed by atoms with Crippen molar-refractivity contribution in [2.45, 2.75) is 6.92 Å². The molecule has 0 fully saturated rings. The van der Waals surface area contributed by atoms with Gasteiger partial charge in [-0.3, -0.25) is 0 Å². The van der Waals surface area contributed by atoms with Gasteiger partial charge in [0.2, 0.25) is 0 Å². The van der Waals surface area contributed by atoms with Gasteiger partial charge in [-0.2, -0.15) is 0 Å². The second-order valence-electron chi connectivity index (χ2n) is 3.19. The maximum Gasteiger partial charge on any atom is 0.142 e. The topological polar surface area (TPSA) is 12.0 Å². The maximum absolute atomic E-state index is 13.0.